The maximum Gasteiger partial charge on any atom is 0.326 e. The summed E-state index contributed by atoms with van der Waals surface area (Å²) in [7, 11) is -4.27. The van der Waals surface area contributed by atoms with E-state index in [2.05, 4.69) is 14.7 Å². The Morgan fingerprint density at radius 1 is 1.39 bits per heavy atom. The van der Waals surface area contributed by atoms with Crippen molar-refractivity contribution in [1.29, 1.82) is 0 Å². The predicted octanol–water partition coefficient (Wildman–Crippen LogP) is 0.778. The average molecular weight is 550 g/mol. The second-order valence-corrected chi connectivity index (χ2v) is 11.0. The Kier molecular flexibility index (Phi) is 9.17. The maximum absolute atomic E-state index is 13.6. The van der Waals surface area contributed by atoms with Crippen LogP contribution in [0.1, 0.15) is 38.2 Å². The summed E-state index contributed by atoms with van der Waals surface area (Å²) in [6.45, 7) is 3.86. The molecule has 1 fully saturated rings. The number of rotatable bonds is 10. The van der Waals surface area contributed by atoms with Gasteiger partial charge in [0.15, 0.2) is 5.03 Å². The van der Waals surface area contributed by atoms with Crippen LogP contribution in [-0.2, 0) is 19.6 Å². The van der Waals surface area contributed by atoms with Crippen LogP contribution in [0.4, 0.5) is 0 Å². The molecule has 1 aromatic heterocycles. The maximum atomic E-state index is 13.6. The predicted molar refractivity (Wildman–Crippen MR) is 138 cm³/mol. The Hall–Kier alpha value is -3.85. The van der Waals surface area contributed by atoms with Crippen molar-refractivity contribution < 1.29 is 28.1 Å². The van der Waals surface area contributed by atoms with Gasteiger partial charge < -0.3 is 15.7 Å². The number of sulfonamides is 1. The molecule has 0 aliphatic carbocycles. The summed E-state index contributed by atoms with van der Waals surface area (Å²) in [5.74, 6) is -2.18. The van der Waals surface area contributed by atoms with Crippen molar-refractivity contribution in [2.24, 2.45) is 16.6 Å². The van der Waals surface area contributed by atoms with Crippen LogP contribution in [0, 0.1) is 23.0 Å². The number of nitrogens with zero attached hydrogens (tertiary/aromatic N) is 4. The molecule has 0 saturated carbocycles. The Morgan fingerprint density at radius 3 is 2.82 bits per heavy atom. The number of aliphatic imine (C=N–C) groups is 1. The van der Waals surface area contributed by atoms with Gasteiger partial charge in [0.25, 0.3) is 5.96 Å². The first kappa shape index (κ1) is 28.7. The lowest BCUT2D eigenvalue weighted by atomic mass is 9.91. The highest BCUT2D eigenvalue weighted by molar-refractivity contribution is 7.89. The molecule has 38 heavy (non-hydrogen) atoms. The highest BCUT2D eigenvalue weighted by Crippen LogP contribution is 2.26. The molecule has 0 radical (unpaired) electrons. The molecule has 206 valence electrons. The van der Waals surface area contributed by atoms with Gasteiger partial charge in [0.05, 0.1) is 5.52 Å². The summed E-state index contributed by atoms with van der Waals surface area (Å²) in [4.78, 5) is 45.1. The van der Waals surface area contributed by atoms with Crippen molar-refractivity contribution in [2.75, 3.05) is 13.1 Å². The van der Waals surface area contributed by atoms with E-state index in [4.69, 9.17) is 5.73 Å². The molecule has 1 aliphatic heterocycles. The van der Waals surface area contributed by atoms with E-state index in [0.29, 0.717) is 11.8 Å². The van der Waals surface area contributed by atoms with E-state index in [9.17, 15) is 33.2 Å². The van der Waals surface area contributed by atoms with Gasteiger partial charge in [-0.05, 0) is 56.2 Å². The summed E-state index contributed by atoms with van der Waals surface area (Å²) in [6.07, 6.45) is 2.45. The summed E-state index contributed by atoms with van der Waals surface area (Å²) in [6, 6.07) is 4.07. The third-order valence-corrected chi connectivity index (χ3v) is 7.77. The van der Waals surface area contributed by atoms with Crippen LogP contribution in [0.3, 0.4) is 0 Å². The van der Waals surface area contributed by atoms with E-state index in [1.807, 2.05) is 13.8 Å². The number of amides is 1. The topological polar surface area (TPSA) is 210 Å². The van der Waals surface area contributed by atoms with Gasteiger partial charge in [0.1, 0.15) is 17.0 Å². The lowest BCUT2D eigenvalue weighted by molar-refractivity contribution is -0.525. The number of carbonyl (C=O) groups excluding carboxylic acids is 1. The first-order valence-electron chi connectivity index (χ1n) is 12.0. The van der Waals surface area contributed by atoms with Crippen LogP contribution in [0.25, 0.3) is 10.9 Å². The molecule has 5 N–H and O–H groups in total. The fourth-order valence-electron chi connectivity index (χ4n) is 4.41. The Balaban J connectivity index is 1.89. The second kappa shape index (κ2) is 12.1. The Morgan fingerprint density at radius 2 is 2.13 bits per heavy atom. The molecule has 2 heterocycles. The van der Waals surface area contributed by atoms with Crippen LogP contribution in [-0.4, -0.2) is 71.4 Å². The van der Waals surface area contributed by atoms with Crippen molar-refractivity contribution in [3.05, 3.63) is 46.1 Å². The molecule has 1 aliphatic rings. The number of carbonyl (C=O) groups is 2. The summed E-state index contributed by atoms with van der Waals surface area (Å²) >= 11 is 0. The van der Waals surface area contributed by atoms with E-state index >= 15 is 0 Å². The van der Waals surface area contributed by atoms with Crippen molar-refractivity contribution >= 4 is 38.8 Å². The third-order valence-electron chi connectivity index (χ3n) is 6.27. The van der Waals surface area contributed by atoms with Crippen molar-refractivity contribution in [3.63, 3.8) is 0 Å². The number of likely N-dealkylation sites (tertiary alicyclic amines) is 1. The number of guanidine groups is 1. The average Bonchev–Trinajstić information content (AvgIpc) is 2.84. The number of nitrogens with one attached hydrogen (secondary N) is 2. The molecule has 3 rings (SSSR count). The van der Waals surface area contributed by atoms with Crippen molar-refractivity contribution in [1.82, 2.24) is 20.0 Å². The Bertz CT molecular complexity index is 1350. The van der Waals surface area contributed by atoms with Gasteiger partial charge in [-0.15, -0.1) is 0 Å². The molecule has 0 bridgehead atoms. The van der Waals surface area contributed by atoms with Gasteiger partial charge >= 0.3 is 5.97 Å². The van der Waals surface area contributed by atoms with Gasteiger partial charge in [-0.2, -0.15) is 4.72 Å². The smallest absolute Gasteiger partial charge is 0.326 e. The first-order valence-corrected chi connectivity index (χ1v) is 13.5. The van der Waals surface area contributed by atoms with Crippen molar-refractivity contribution in [2.45, 2.75) is 56.5 Å². The van der Waals surface area contributed by atoms with Crippen LogP contribution in [0.5, 0.6) is 0 Å². The van der Waals surface area contributed by atoms with Gasteiger partial charge in [-0.25, -0.2) is 28.3 Å². The molecule has 14 nitrogen and oxygen atoms in total. The first-order chi connectivity index (χ1) is 17.9. The number of piperidine rings is 1. The van der Waals surface area contributed by atoms with Gasteiger partial charge in [-0.1, -0.05) is 24.5 Å². The zero-order valence-electron chi connectivity index (χ0n) is 21.0. The molecule has 3 atom stereocenters. The van der Waals surface area contributed by atoms with Gasteiger partial charge in [0, 0.05) is 24.7 Å². The summed E-state index contributed by atoms with van der Waals surface area (Å²) in [5.41, 5.74) is 8.19. The zero-order chi connectivity index (χ0) is 28.0. The molecule has 0 unspecified atom stereocenters. The number of nitro groups is 1. The highest BCUT2D eigenvalue weighted by atomic mass is 32.2. The number of carboxylic acids is 1. The number of aliphatic carboxylic acids is 1. The summed E-state index contributed by atoms with van der Waals surface area (Å²) < 4.78 is 29.4. The van der Waals surface area contributed by atoms with E-state index in [1.54, 1.807) is 23.6 Å². The summed E-state index contributed by atoms with van der Waals surface area (Å²) in [5, 5.41) is 19.9. The van der Waals surface area contributed by atoms with Crippen LogP contribution in [0.15, 0.2) is 40.4 Å². The minimum Gasteiger partial charge on any atom is -0.480 e. The third kappa shape index (κ3) is 7.13. The molecular weight excluding hydrogens is 518 g/mol. The largest absolute Gasteiger partial charge is 0.480 e. The number of nitrogens with two attached hydrogens (primary N) is 1. The van der Waals surface area contributed by atoms with Crippen LogP contribution in [0.2, 0.25) is 0 Å². The molecule has 1 saturated heterocycles. The zero-order valence-corrected chi connectivity index (χ0v) is 21.8. The highest BCUT2D eigenvalue weighted by Gasteiger charge is 2.39. The number of pyridine rings is 1. The minimum atomic E-state index is -4.27. The number of fused-ring (bicyclic) bond motifs is 1. The second-order valence-electron chi connectivity index (χ2n) is 9.31. The number of hydrogen-bond donors (Lipinski definition) is 4. The number of hydrogen-bond acceptors (Lipinski definition) is 8. The lowest BCUT2D eigenvalue weighted by Crippen LogP contribution is -2.56. The molecule has 0 spiro atoms. The molecule has 2 aromatic rings. The van der Waals surface area contributed by atoms with E-state index < -0.39 is 45.0 Å². The fraction of sp³-hybridized carbons (Fsp3) is 0.478. The van der Waals surface area contributed by atoms with Crippen LogP contribution >= 0.6 is 0 Å². The van der Waals surface area contributed by atoms with Crippen LogP contribution < -0.4 is 15.9 Å². The van der Waals surface area contributed by atoms with Gasteiger partial charge in [-0.3, -0.25) is 9.78 Å². The number of hydrazine groups is 1. The number of carboxylic acid groups (broad SMARTS) is 1. The molecule has 1 amide bonds. The number of aromatic nitrogens is 1. The van der Waals surface area contributed by atoms with E-state index in [1.165, 1.54) is 17.2 Å². The minimum absolute atomic E-state index is 0.0350. The SMILES string of the molecule is Cc1cnc2c(S(=O)(=O)N[C@H](CCCN=C(N)N[N+](=O)[O-])C(=O)N3CC[C@@H](C)C[C@H]3C(=O)O)cccc2c1. The van der Waals surface area contributed by atoms with Gasteiger partial charge in [0.2, 0.25) is 15.9 Å². The van der Waals surface area contributed by atoms with E-state index in [-0.39, 0.29) is 48.7 Å². The van der Waals surface area contributed by atoms with E-state index in [0.717, 1.165) is 5.56 Å². The quantitative estimate of drug-likeness (QED) is 0.107. The fourth-order valence-corrected chi connectivity index (χ4v) is 5.81. The number of aryl methyl sites for hydroxylation is 1. The normalized spacial score (nSPS) is 19.2. The Labute approximate surface area is 219 Å². The lowest BCUT2D eigenvalue weighted by Gasteiger charge is -2.38. The molecular formula is C23H31N7O7S. The van der Waals surface area contributed by atoms with Crippen molar-refractivity contribution in [3.8, 4) is 0 Å². The number of para-hydroxylation sites is 1. The monoisotopic (exact) mass is 549 g/mol. The molecule has 1 aromatic carbocycles. The molecule has 15 heteroatoms. The standard InChI is InChI=1S/C23H31N7O7S/c1-14-8-10-29(18(12-14)22(32)33)21(31)17(6-4-9-25-23(24)27-30(34)35)28-38(36,37)19-7-3-5-16-11-15(2)13-26-20(16)19/h3,5,7,11,13-14,17-18,28H,4,6,8-10,12H2,1-2H3,(H,32,33)(H3,24,25,27)/t14-,17-,18+/m1/s1. The number of benzene rings is 1.